The van der Waals surface area contributed by atoms with Crippen molar-refractivity contribution in [2.75, 3.05) is 19.7 Å². The van der Waals surface area contributed by atoms with Gasteiger partial charge in [0.25, 0.3) is 5.91 Å². The SMILES string of the molecule is NC(=O)[C@@H]1CCCN(C(=O)COC(=O)c2ccc(C(F)(F)F)cc2)C1. The van der Waals surface area contributed by atoms with Gasteiger partial charge in [0.15, 0.2) is 6.61 Å². The van der Waals surface area contributed by atoms with Gasteiger partial charge in [0, 0.05) is 13.1 Å². The van der Waals surface area contributed by atoms with Gasteiger partial charge >= 0.3 is 12.1 Å². The number of amides is 2. The van der Waals surface area contributed by atoms with E-state index in [1.807, 2.05) is 0 Å². The van der Waals surface area contributed by atoms with Crippen LogP contribution in [0.3, 0.4) is 0 Å². The van der Waals surface area contributed by atoms with Crippen LogP contribution in [0.15, 0.2) is 24.3 Å². The van der Waals surface area contributed by atoms with Crippen molar-refractivity contribution >= 4 is 17.8 Å². The lowest BCUT2D eigenvalue weighted by Gasteiger charge is -2.31. The molecule has 1 aromatic carbocycles. The molecule has 1 saturated heterocycles. The second kappa shape index (κ2) is 7.54. The smallest absolute Gasteiger partial charge is 0.416 e. The number of carbonyl (C=O) groups is 3. The molecule has 1 heterocycles. The number of hydrogen-bond donors (Lipinski definition) is 1. The second-order valence-electron chi connectivity index (χ2n) is 5.73. The van der Waals surface area contributed by atoms with E-state index in [2.05, 4.69) is 0 Å². The predicted octanol–water partition coefficient (Wildman–Crippen LogP) is 1.59. The number of ether oxygens (including phenoxy) is 1. The van der Waals surface area contributed by atoms with Gasteiger partial charge < -0.3 is 15.4 Å². The summed E-state index contributed by atoms with van der Waals surface area (Å²) in [6.07, 6.45) is -3.28. The van der Waals surface area contributed by atoms with Gasteiger partial charge in [0.1, 0.15) is 0 Å². The van der Waals surface area contributed by atoms with Gasteiger partial charge in [-0.2, -0.15) is 13.2 Å². The minimum Gasteiger partial charge on any atom is -0.452 e. The van der Waals surface area contributed by atoms with Crippen LogP contribution in [0.4, 0.5) is 13.2 Å². The number of rotatable bonds is 4. The molecule has 0 bridgehead atoms. The van der Waals surface area contributed by atoms with E-state index < -0.39 is 42.0 Å². The first-order chi connectivity index (χ1) is 11.7. The van der Waals surface area contributed by atoms with Crippen LogP contribution in [0.25, 0.3) is 0 Å². The highest BCUT2D eigenvalue weighted by atomic mass is 19.4. The van der Waals surface area contributed by atoms with Gasteiger partial charge in [-0.25, -0.2) is 4.79 Å². The van der Waals surface area contributed by atoms with E-state index >= 15 is 0 Å². The van der Waals surface area contributed by atoms with E-state index in [0.29, 0.717) is 19.4 Å². The number of hydrogen-bond acceptors (Lipinski definition) is 4. The highest BCUT2D eigenvalue weighted by Crippen LogP contribution is 2.29. The van der Waals surface area contributed by atoms with Crippen molar-refractivity contribution < 1.29 is 32.3 Å². The van der Waals surface area contributed by atoms with Gasteiger partial charge in [0.05, 0.1) is 17.0 Å². The molecule has 25 heavy (non-hydrogen) atoms. The number of nitrogens with two attached hydrogens (primary N) is 1. The van der Waals surface area contributed by atoms with Gasteiger partial charge in [-0.15, -0.1) is 0 Å². The summed E-state index contributed by atoms with van der Waals surface area (Å²) in [5.74, 6) is -2.29. The molecule has 0 radical (unpaired) electrons. The first-order valence-corrected chi connectivity index (χ1v) is 7.60. The number of carbonyl (C=O) groups excluding carboxylic acids is 3. The van der Waals surface area contributed by atoms with E-state index in [0.717, 1.165) is 24.3 Å². The van der Waals surface area contributed by atoms with Crippen LogP contribution in [0.5, 0.6) is 0 Å². The fourth-order valence-electron chi connectivity index (χ4n) is 2.53. The molecule has 0 aromatic heterocycles. The average molecular weight is 358 g/mol. The molecule has 6 nitrogen and oxygen atoms in total. The Bertz CT molecular complexity index is 658. The molecular formula is C16H17F3N2O4. The molecule has 0 aliphatic carbocycles. The summed E-state index contributed by atoms with van der Waals surface area (Å²) in [4.78, 5) is 36.4. The molecule has 1 fully saturated rings. The van der Waals surface area contributed by atoms with E-state index in [1.54, 1.807) is 0 Å². The summed E-state index contributed by atoms with van der Waals surface area (Å²) in [5, 5.41) is 0. The molecule has 0 spiro atoms. The normalized spacial score (nSPS) is 17.9. The van der Waals surface area contributed by atoms with E-state index in [4.69, 9.17) is 10.5 Å². The standard InChI is InChI=1S/C16H17F3N2O4/c17-16(18,19)12-5-3-10(4-6-12)15(24)25-9-13(22)21-7-1-2-11(8-21)14(20)23/h3-6,11H,1-2,7-9H2,(H2,20,23)/t11-/m1/s1. The third-order valence-corrected chi connectivity index (χ3v) is 3.95. The Balaban J connectivity index is 1.89. The number of alkyl halides is 3. The van der Waals surface area contributed by atoms with Crippen molar-refractivity contribution in [1.82, 2.24) is 4.90 Å². The zero-order chi connectivity index (χ0) is 18.6. The summed E-state index contributed by atoms with van der Waals surface area (Å²) < 4.78 is 42.2. The van der Waals surface area contributed by atoms with Crippen LogP contribution in [-0.2, 0) is 20.5 Å². The molecular weight excluding hydrogens is 341 g/mol. The molecule has 0 saturated carbocycles. The van der Waals surface area contributed by atoms with Crippen LogP contribution in [0.1, 0.15) is 28.8 Å². The zero-order valence-electron chi connectivity index (χ0n) is 13.2. The largest absolute Gasteiger partial charge is 0.452 e. The molecule has 0 unspecified atom stereocenters. The fourth-order valence-corrected chi connectivity index (χ4v) is 2.53. The Morgan fingerprint density at radius 1 is 1.20 bits per heavy atom. The summed E-state index contributed by atoms with van der Waals surface area (Å²) in [6.45, 7) is 0.0534. The number of nitrogens with zero attached hydrogens (tertiary/aromatic N) is 1. The van der Waals surface area contributed by atoms with Crippen LogP contribution in [0, 0.1) is 5.92 Å². The lowest BCUT2D eigenvalue weighted by molar-refractivity contribution is -0.138. The Hall–Kier alpha value is -2.58. The number of piperidine rings is 1. The maximum atomic E-state index is 12.5. The maximum absolute atomic E-state index is 12.5. The number of likely N-dealkylation sites (tertiary alicyclic amines) is 1. The summed E-state index contributed by atoms with van der Waals surface area (Å²) in [5.41, 5.74) is 4.26. The highest BCUT2D eigenvalue weighted by Gasteiger charge is 2.30. The third kappa shape index (κ3) is 4.94. The highest BCUT2D eigenvalue weighted by molar-refractivity contribution is 5.91. The Morgan fingerprint density at radius 2 is 1.84 bits per heavy atom. The van der Waals surface area contributed by atoms with Crippen molar-refractivity contribution in [3.63, 3.8) is 0 Å². The van der Waals surface area contributed by atoms with Crippen molar-refractivity contribution in [2.45, 2.75) is 19.0 Å². The topological polar surface area (TPSA) is 89.7 Å². The molecule has 2 N–H and O–H groups in total. The molecule has 2 rings (SSSR count). The summed E-state index contributed by atoms with van der Waals surface area (Å²) >= 11 is 0. The van der Waals surface area contributed by atoms with Gasteiger partial charge in [-0.3, -0.25) is 9.59 Å². The lowest BCUT2D eigenvalue weighted by Crippen LogP contribution is -2.45. The lowest BCUT2D eigenvalue weighted by atomic mass is 9.97. The fraction of sp³-hybridized carbons (Fsp3) is 0.438. The van der Waals surface area contributed by atoms with Crippen LogP contribution >= 0.6 is 0 Å². The molecule has 1 aromatic rings. The first kappa shape index (κ1) is 18.8. The Kier molecular flexibility index (Phi) is 5.66. The van der Waals surface area contributed by atoms with Crippen molar-refractivity contribution in [1.29, 1.82) is 0 Å². The predicted molar refractivity (Wildman–Crippen MR) is 80.2 cm³/mol. The number of esters is 1. The number of primary amides is 1. The van der Waals surface area contributed by atoms with Crippen molar-refractivity contribution in [3.8, 4) is 0 Å². The Morgan fingerprint density at radius 3 is 2.40 bits per heavy atom. The van der Waals surface area contributed by atoms with Crippen LogP contribution < -0.4 is 5.73 Å². The summed E-state index contributed by atoms with van der Waals surface area (Å²) in [7, 11) is 0. The minimum atomic E-state index is -4.50. The average Bonchev–Trinajstić information content (AvgIpc) is 2.58. The zero-order valence-corrected chi connectivity index (χ0v) is 13.2. The van der Waals surface area contributed by atoms with Gasteiger partial charge in [0.2, 0.25) is 5.91 Å². The molecule has 9 heteroatoms. The minimum absolute atomic E-state index is 0.0885. The molecule has 136 valence electrons. The van der Waals surface area contributed by atoms with Gasteiger partial charge in [-0.1, -0.05) is 0 Å². The van der Waals surface area contributed by atoms with Gasteiger partial charge in [-0.05, 0) is 37.1 Å². The van der Waals surface area contributed by atoms with Crippen molar-refractivity contribution in [2.24, 2.45) is 11.7 Å². The Labute approximate surface area is 141 Å². The number of benzene rings is 1. The molecule has 1 atom stereocenters. The first-order valence-electron chi connectivity index (χ1n) is 7.60. The monoisotopic (exact) mass is 358 g/mol. The quantitative estimate of drug-likeness (QED) is 0.828. The van der Waals surface area contributed by atoms with E-state index in [-0.39, 0.29) is 12.1 Å². The van der Waals surface area contributed by atoms with Crippen LogP contribution in [-0.4, -0.2) is 42.4 Å². The molecule has 2 amide bonds. The second-order valence-corrected chi connectivity index (χ2v) is 5.73. The molecule has 1 aliphatic heterocycles. The summed E-state index contributed by atoms with van der Waals surface area (Å²) in [6, 6.07) is 3.50. The van der Waals surface area contributed by atoms with E-state index in [1.165, 1.54) is 4.90 Å². The number of halogens is 3. The van der Waals surface area contributed by atoms with Crippen molar-refractivity contribution in [3.05, 3.63) is 35.4 Å². The maximum Gasteiger partial charge on any atom is 0.416 e. The van der Waals surface area contributed by atoms with E-state index in [9.17, 15) is 27.6 Å². The molecule has 1 aliphatic rings. The van der Waals surface area contributed by atoms with Crippen LogP contribution in [0.2, 0.25) is 0 Å². The third-order valence-electron chi connectivity index (χ3n) is 3.95.